The molecule has 0 radical (unpaired) electrons. The zero-order chi connectivity index (χ0) is 14.8. The average molecular weight is 350 g/mol. The highest BCUT2D eigenvalue weighted by Gasteiger charge is 2.23. The van der Waals surface area contributed by atoms with Gasteiger partial charge in [0.25, 0.3) is 0 Å². The second kappa shape index (κ2) is 6.16. The largest absolute Gasteiger partial charge is 0.488 e. The van der Waals surface area contributed by atoms with E-state index in [-0.39, 0.29) is 11.9 Å². The van der Waals surface area contributed by atoms with Crippen LogP contribution in [0.1, 0.15) is 23.1 Å². The van der Waals surface area contributed by atoms with Gasteiger partial charge in [-0.15, -0.1) is 0 Å². The Kier molecular flexibility index (Phi) is 4.27. The van der Waals surface area contributed by atoms with Crippen molar-refractivity contribution in [3.8, 4) is 5.75 Å². The normalized spacial score (nSPS) is 17.4. The number of hydrogen-bond donors (Lipinski definition) is 1. The Morgan fingerprint density at radius 2 is 2.05 bits per heavy atom. The van der Waals surface area contributed by atoms with Crippen molar-refractivity contribution in [3.05, 3.63) is 63.4 Å². The minimum absolute atomic E-state index is 0.0509. The highest BCUT2D eigenvalue weighted by molar-refractivity contribution is 9.10. The van der Waals surface area contributed by atoms with E-state index in [0.717, 1.165) is 29.5 Å². The molecule has 21 heavy (non-hydrogen) atoms. The average Bonchev–Trinajstić information content (AvgIpc) is 2.51. The van der Waals surface area contributed by atoms with Gasteiger partial charge in [-0.1, -0.05) is 30.3 Å². The van der Waals surface area contributed by atoms with E-state index in [2.05, 4.69) is 15.9 Å². The number of nitrogens with two attached hydrogens (primary N) is 1. The molecule has 0 saturated heterocycles. The summed E-state index contributed by atoms with van der Waals surface area (Å²) >= 11 is 3.31. The minimum Gasteiger partial charge on any atom is -0.488 e. The summed E-state index contributed by atoms with van der Waals surface area (Å²) in [5.41, 5.74) is 8.73. The first-order valence-corrected chi connectivity index (χ1v) is 7.86. The van der Waals surface area contributed by atoms with Crippen LogP contribution < -0.4 is 10.5 Å². The van der Waals surface area contributed by atoms with E-state index < -0.39 is 0 Å². The fourth-order valence-electron chi connectivity index (χ4n) is 2.68. The van der Waals surface area contributed by atoms with E-state index in [9.17, 15) is 4.39 Å². The van der Waals surface area contributed by atoms with Gasteiger partial charge >= 0.3 is 0 Å². The molecule has 2 aromatic rings. The van der Waals surface area contributed by atoms with Gasteiger partial charge in [0.1, 0.15) is 18.2 Å². The van der Waals surface area contributed by atoms with Crippen molar-refractivity contribution in [1.82, 2.24) is 0 Å². The highest BCUT2D eigenvalue weighted by Crippen LogP contribution is 2.36. The maximum absolute atomic E-state index is 14.5. The first-order chi connectivity index (χ1) is 10.1. The molecule has 2 N–H and O–H groups in total. The van der Waals surface area contributed by atoms with Crippen molar-refractivity contribution in [2.75, 3.05) is 0 Å². The first kappa shape index (κ1) is 14.5. The van der Waals surface area contributed by atoms with Gasteiger partial charge in [-0.05, 0) is 57.9 Å². The van der Waals surface area contributed by atoms with Crippen molar-refractivity contribution >= 4 is 15.9 Å². The molecular weight excluding hydrogens is 333 g/mol. The standard InChI is InChI=1S/C17H17BrFNO/c18-16-15(21-10-11-4-2-1-3-5-11)8-12-6-7-13(20)9-14(12)17(16)19/h1-5,8,13H,6-7,9-10,20H2/t13-/m1/s1. The highest BCUT2D eigenvalue weighted by atomic mass is 79.9. The van der Waals surface area contributed by atoms with Crippen LogP contribution in [0, 0.1) is 5.82 Å². The van der Waals surface area contributed by atoms with Crippen LogP contribution in [0.2, 0.25) is 0 Å². The lowest BCUT2D eigenvalue weighted by atomic mass is 9.88. The van der Waals surface area contributed by atoms with E-state index in [1.807, 2.05) is 36.4 Å². The molecule has 0 bridgehead atoms. The molecule has 0 spiro atoms. The Labute approximate surface area is 132 Å². The number of aryl methyl sites for hydroxylation is 1. The molecule has 0 amide bonds. The molecule has 2 aromatic carbocycles. The van der Waals surface area contributed by atoms with Gasteiger partial charge in [-0.3, -0.25) is 0 Å². The molecule has 0 aliphatic heterocycles. The molecule has 0 fully saturated rings. The van der Waals surface area contributed by atoms with E-state index in [1.54, 1.807) is 0 Å². The molecule has 1 atom stereocenters. The fraction of sp³-hybridized carbons (Fsp3) is 0.294. The lowest BCUT2D eigenvalue weighted by Crippen LogP contribution is -2.28. The summed E-state index contributed by atoms with van der Waals surface area (Å²) in [5, 5.41) is 0. The van der Waals surface area contributed by atoms with Crippen LogP contribution in [0.4, 0.5) is 4.39 Å². The molecule has 2 nitrogen and oxygen atoms in total. The monoisotopic (exact) mass is 349 g/mol. The number of hydrogen-bond acceptors (Lipinski definition) is 2. The maximum Gasteiger partial charge on any atom is 0.144 e. The molecule has 1 aliphatic rings. The quantitative estimate of drug-likeness (QED) is 0.909. The van der Waals surface area contributed by atoms with Gasteiger partial charge in [-0.25, -0.2) is 4.39 Å². The van der Waals surface area contributed by atoms with Crippen molar-refractivity contribution in [2.45, 2.75) is 31.9 Å². The van der Waals surface area contributed by atoms with Gasteiger partial charge in [0, 0.05) is 6.04 Å². The lowest BCUT2D eigenvalue weighted by Gasteiger charge is -2.23. The maximum atomic E-state index is 14.5. The lowest BCUT2D eigenvalue weighted by molar-refractivity contribution is 0.301. The Morgan fingerprint density at radius 3 is 2.81 bits per heavy atom. The van der Waals surface area contributed by atoms with E-state index in [0.29, 0.717) is 23.2 Å². The second-order valence-electron chi connectivity index (χ2n) is 5.42. The van der Waals surface area contributed by atoms with Crippen LogP contribution in [-0.2, 0) is 19.4 Å². The van der Waals surface area contributed by atoms with Crippen molar-refractivity contribution in [2.24, 2.45) is 5.73 Å². The summed E-state index contributed by atoms with van der Waals surface area (Å²) in [6.45, 7) is 0.428. The molecular formula is C17H17BrFNO. The summed E-state index contributed by atoms with van der Waals surface area (Å²) in [6, 6.07) is 11.8. The van der Waals surface area contributed by atoms with Crippen LogP contribution >= 0.6 is 15.9 Å². The number of fused-ring (bicyclic) bond motifs is 1. The summed E-state index contributed by atoms with van der Waals surface area (Å²) < 4.78 is 20.6. The molecule has 0 unspecified atom stereocenters. The smallest absolute Gasteiger partial charge is 0.144 e. The molecule has 0 saturated carbocycles. The summed E-state index contributed by atoms with van der Waals surface area (Å²) in [6.07, 6.45) is 2.30. The third-order valence-electron chi connectivity index (χ3n) is 3.85. The van der Waals surface area contributed by atoms with Gasteiger partial charge in [0.15, 0.2) is 0 Å². The van der Waals surface area contributed by atoms with E-state index in [1.165, 1.54) is 0 Å². The zero-order valence-electron chi connectivity index (χ0n) is 11.6. The molecule has 1 aliphatic carbocycles. The van der Waals surface area contributed by atoms with Crippen molar-refractivity contribution in [3.63, 3.8) is 0 Å². The summed E-state index contributed by atoms with van der Waals surface area (Å²) in [4.78, 5) is 0. The van der Waals surface area contributed by atoms with Gasteiger partial charge < -0.3 is 10.5 Å². The van der Waals surface area contributed by atoms with Crippen LogP contribution in [-0.4, -0.2) is 6.04 Å². The van der Waals surface area contributed by atoms with E-state index in [4.69, 9.17) is 10.5 Å². The van der Waals surface area contributed by atoms with Crippen LogP contribution in [0.15, 0.2) is 40.9 Å². The van der Waals surface area contributed by atoms with Crippen molar-refractivity contribution < 1.29 is 9.13 Å². The molecule has 4 heteroatoms. The molecule has 3 rings (SSSR count). The number of benzene rings is 2. The van der Waals surface area contributed by atoms with Gasteiger partial charge in [0.2, 0.25) is 0 Å². The number of ether oxygens (including phenoxy) is 1. The number of halogens is 2. The topological polar surface area (TPSA) is 35.2 Å². The van der Waals surface area contributed by atoms with Crippen molar-refractivity contribution in [1.29, 1.82) is 0 Å². The van der Waals surface area contributed by atoms with Gasteiger partial charge in [0.05, 0.1) is 4.47 Å². The Bertz CT molecular complexity index is 645. The first-order valence-electron chi connectivity index (χ1n) is 7.07. The number of rotatable bonds is 3. The second-order valence-corrected chi connectivity index (χ2v) is 6.21. The Balaban J connectivity index is 1.85. The SMILES string of the molecule is N[C@@H]1CCc2cc(OCc3ccccc3)c(Br)c(F)c2C1. The Hall–Kier alpha value is -1.39. The predicted octanol–water partition coefficient (Wildman–Crippen LogP) is 3.98. The molecule has 0 heterocycles. The van der Waals surface area contributed by atoms with Crippen LogP contribution in [0.25, 0.3) is 0 Å². The molecule has 0 aromatic heterocycles. The van der Waals surface area contributed by atoms with Crippen LogP contribution in [0.5, 0.6) is 5.75 Å². The van der Waals surface area contributed by atoms with Crippen LogP contribution in [0.3, 0.4) is 0 Å². The molecule has 110 valence electrons. The third kappa shape index (κ3) is 3.11. The van der Waals surface area contributed by atoms with E-state index >= 15 is 0 Å². The minimum atomic E-state index is -0.231. The summed E-state index contributed by atoms with van der Waals surface area (Å²) in [5.74, 6) is 0.330. The zero-order valence-corrected chi connectivity index (χ0v) is 13.2. The third-order valence-corrected chi connectivity index (χ3v) is 4.59. The van der Waals surface area contributed by atoms with Gasteiger partial charge in [-0.2, -0.15) is 0 Å². The predicted molar refractivity (Wildman–Crippen MR) is 84.9 cm³/mol. The summed E-state index contributed by atoms with van der Waals surface area (Å²) in [7, 11) is 0. The Morgan fingerprint density at radius 1 is 1.29 bits per heavy atom. The fourth-order valence-corrected chi connectivity index (χ4v) is 3.15.